The molecule has 2 atom stereocenters. The average Bonchev–Trinajstić information content (AvgIpc) is 3.19. The molecule has 1 saturated carbocycles. The largest absolute Gasteiger partial charge is 0.508 e. The lowest BCUT2D eigenvalue weighted by atomic mass is 9.46. The van der Waals surface area contributed by atoms with Crippen molar-refractivity contribution in [3.63, 3.8) is 0 Å². The van der Waals surface area contributed by atoms with Gasteiger partial charge < -0.3 is 10.0 Å². The Balaban J connectivity index is 1.45. The molecule has 5 rings (SSSR count). The third-order valence-corrected chi connectivity index (χ3v) is 8.58. The number of rotatable bonds is 3. The van der Waals surface area contributed by atoms with Crippen molar-refractivity contribution in [1.82, 2.24) is 4.90 Å². The van der Waals surface area contributed by atoms with Crippen LogP contribution < -0.4 is 0 Å². The lowest BCUT2D eigenvalue weighted by Crippen LogP contribution is -2.61. The van der Waals surface area contributed by atoms with E-state index in [2.05, 4.69) is 34.5 Å². The van der Waals surface area contributed by atoms with Crippen LogP contribution in [0.1, 0.15) is 54.5 Å². The molecule has 138 valence electrons. The van der Waals surface area contributed by atoms with Gasteiger partial charge in [-0.25, -0.2) is 0 Å². The maximum Gasteiger partial charge on any atom is 0.115 e. The minimum absolute atomic E-state index is 0.316. The van der Waals surface area contributed by atoms with Gasteiger partial charge in [-0.05, 0) is 85.2 Å². The molecule has 3 heteroatoms. The molecule has 2 fully saturated rings. The Morgan fingerprint density at radius 2 is 2.00 bits per heavy atom. The van der Waals surface area contributed by atoms with Gasteiger partial charge in [0.2, 0.25) is 0 Å². The molecule has 1 N–H and O–H groups in total. The molecule has 1 saturated heterocycles. The molecule has 0 radical (unpaired) electrons. The van der Waals surface area contributed by atoms with Crippen LogP contribution in [0, 0.1) is 5.41 Å². The minimum atomic E-state index is 0.316. The Labute approximate surface area is 160 Å². The van der Waals surface area contributed by atoms with Gasteiger partial charge in [0.15, 0.2) is 0 Å². The summed E-state index contributed by atoms with van der Waals surface area (Å²) < 4.78 is 0. The quantitative estimate of drug-likeness (QED) is 0.811. The molecule has 1 aliphatic heterocycles. The van der Waals surface area contributed by atoms with Crippen LogP contribution in [0.5, 0.6) is 5.75 Å². The van der Waals surface area contributed by atoms with Gasteiger partial charge in [-0.3, -0.25) is 0 Å². The van der Waals surface area contributed by atoms with Crippen molar-refractivity contribution in [2.45, 2.75) is 56.8 Å². The van der Waals surface area contributed by atoms with E-state index in [0.717, 1.165) is 0 Å². The Bertz CT molecular complexity index is 786. The number of fused-ring (bicyclic) bond motifs is 1. The van der Waals surface area contributed by atoms with Crippen LogP contribution in [0.3, 0.4) is 0 Å². The van der Waals surface area contributed by atoms with E-state index in [9.17, 15) is 5.11 Å². The maximum absolute atomic E-state index is 10.2. The first-order valence-corrected chi connectivity index (χ1v) is 11.2. The highest BCUT2D eigenvalue weighted by molar-refractivity contribution is 7.09. The summed E-state index contributed by atoms with van der Waals surface area (Å²) >= 11 is 1.89. The molecule has 0 bridgehead atoms. The Kier molecular flexibility index (Phi) is 4.13. The van der Waals surface area contributed by atoms with Crippen LogP contribution >= 0.6 is 11.3 Å². The summed E-state index contributed by atoms with van der Waals surface area (Å²) in [4.78, 5) is 4.26. The third kappa shape index (κ3) is 2.55. The van der Waals surface area contributed by atoms with Crippen LogP contribution in [-0.4, -0.2) is 29.6 Å². The minimum Gasteiger partial charge on any atom is -0.508 e. The lowest BCUT2D eigenvalue weighted by Gasteiger charge is -2.62. The summed E-state index contributed by atoms with van der Waals surface area (Å²) in [6.45, 7) is 3.67. The molecular weight excluding hydrogens is 338 g/mol. The van der Waals surface area contributed by atoms with Gasteiger partial charge in [0.05, 0.1) is 0 Å². The number of aromatic hydroxyl groups is 1. The number of nitrogens with zero attached hydrogens (tertiary/aromatic N) is 1. The smallest absolute Gasteiger partial charge is 0.115 e. The number of aryl methyl sites for hydroxylation is 1. The van der Waals surface area contributed by atoms with Gasteiger partial charge in [-0.2, -0.15) is 0 Å². The van der Waals surface area contributed by atoms with Gasteiger partial charge in [0.1, 0.15) is 5.75 Å². The SMILES string of the molecule is Oc1ccc2c(c1)C13CCCCC1(CC2)CN(CCc1cccs1)CC3. The fourth-order valence-electron chi connectivity index (χ4n) is 6.39. The van der Waals surface area contributed by atoms with Crippen LogP contribution in [-0.2, 0) is 18.3 Å². The van der Waals surface area contributed by atoms with Crippen LogP contribution in [0.15, 0.2) is 35.7 Å². The summed E-state index contributed by atoms with van der Waals surface area (Å²) in [6.07, 6.45) is 10.4. The van der Waals surface area contributed by atoms with Crippen molar-refractivity contribution >= 4 is 11.3 Å². The number of likely N-dealkylation sites (tertiary alicyclic amines) is 1. The molecule has 0 amide bonds. The summed E-state index contributed by atoms with van der Waals surface area (Å²) in [5, 5.41) is 12.4. The first-order valence-electron chi connectivity index (χ1n) is 10.3. The molecule has 2 aliphatic carbocycles. The first kappa shape index (κ1) is 16.8. The second-order valence-electron chi connectivity index (χ2n) is 8.77. The number of phenolic OH excluding ortho intramolecular Hbond substituents is 1. The van der Waals surface area contributed by atoms with E-state index in [4.69, 9.17) is 0 Å². The van der Waals surface area contributed by atoms with Crippen molar-refractivity contribution < 1.29 is 5.11 Å². The third-order valence-electron chi connectivity index (χ3n) is 7.64. The molecule has 2 unspecified atom stereocenters. The van der Waals surface area contributed by atoms with E-state index in [1.54, 1.807) is 0 Å². The van der Waals surface area contributed by atoms with Gasteiger partial charge in [-0.1, -0.05) is 25.0 Å². The van der Waals surface area contributed by atoms with E-state index >= 15 is 0 Å². The highest BCUT2D eigenvalue weighted by atomic mass is 32.1. The molecule has 3 aliphatic rings. The zero-order valence-electron chi connectivity index (χ0n) is 15.5. The second-order valence-corrected chi connectivity index (χ2v) is 9.80. The molecule has 1 aromatic carbocycles. The second kappa shape index (κ2) is 6.38. The van der Waals surface area contributed by atoms with Gasteiger partial charge >= 0.3 is 0 Å². The summed E-state index contributed by atoms with van der Waals surface area (Å²) in [5.74, 6) is 0.458. The van der Waals surface area contributed by atoms with Crippen molar-refractivity contribution in [2.24, 2.45) is 5.41 Å². The van der Waals surface area contributed by atoms with E-state index in [1.165, 1.54) is 87.0 Å². The number of piperidine rings is 1. The number of thiophene rings is 1. The van der Waals surface area contributed by atoms with Crippen molar-refractivity contribution in [2.75, 3.05) is 19.6 Å². The summed E-state index contributed by atoms with van der Waals surface area (Å²) in [7, 11) is 0. The lowest BCUT2D eigenvalue weighted by molar-refractivity contribution is -0.0476. The van der Waals surface area contributed by atoms with E-state index < -0.39 is 0 Å². The molecule has 2 nitrogen and oxygen atoms in total. The summed E-state index contributed by atoms with van der Waals surface area (Å²) in [5.41, 5.74) is 3.75. The number of hydrogen-bond acceptors (Lipinski definition) is 3. The highest BCUT2D eigenvalue weighted by Gasteiger charge is 2.57. The number of phenols is 1. The van der Waals surface area contributed by atoms with Gasteiger partial charge in [0, 0.05) is 23.4 Å². The Hall–Kier alpha value is -1.32. The van der Waals surface area contributed by atoms with E-state index in [-0.39, 0.29) is 0 Å². The summed E-state index contributed by atoms with van der Waals surface area (Å²) in [6, 6.07) is 10.7. The predicted molar refractivity (Wildman–Crippen MR) is 108 cm³/mol. The number of hydrogen-bond donors (Lipinski definition) is 1. The Morgan fingerprint density at radius 1 is 1.08 bits per heavy atom. The molecule has 26 heavy (non-hydrogen) atoms. The Morgan fingerprint density at radius 3 is 2.88 bits per heavy atom. The standard InChI is InChI=1S/C23H29NOS/c25-19-6-5-18-7-11-22-9-1-2-10-23(22,21(18)16-19)12-14-24(17-22)13-8-20-4-3-15-26-20/h3-6,15-16,25H,1-2,7-14,17H2. The molecular formula is C23H29NOS. The molecule has 1 aromatic heterocycles. The van der Waals surface area contributed by atoms with Crippen LogP contribution in [0.4, 0.5) is 0 Å². The molecule has 2 heterocycles. The molecule has 0 spiro atoms. The van der Waals surface area contributed by atoms with E-state index in [1.807, 2.05) is 17.4 Å². The highest BCUT2D eigenvalue weighted by Crippen LogP contribution is 2.62. The van der Waals surface area contributed by atoms with Crippen molar-refractivity contribution in [1.29, 1.82) is 0 Å². The van der Waals surface area contributed by atoms with Crippen LogP contribution in [0.25, 0.3) is 0 Å². The topological polar surface area (TPSA) is 23.5 Å². The number of benzene rings is 1. The average molecular weight is 368 g/mol. The first-order chi connectivity index (χ1) is 12.7. The fourth-order valence-corrected chi connectivity index (χ4v) is 7.08. The normalized spacial score (nSPS) is 31.1. The predicted octanol–water partition coefficient (Wildman–Crippen LogP) is 5.15. The maximum atomic E-state index is 10.2. The zero-order valence-corrected chi connectivity index (χ0v) is 16.4. The monoisotopic (exact) mass is 367 g/mol. The van der Waals surface area contributed by atoms with Crippen LogP contribution in [0.2, 0.25) is 0 Å². The molecule has 2 aromatic rings. The van der Waals surface area contributed by atoms with Crippen molar-refractivity contribution in [3.8, 4) is 5.75 Å². The fraction of sp³-hybridized carbons (Fsp3) is 0.565. The van der Waals surface area contributed by atoms with Gasteiger partial charge in [-0.15, -0.1) is 11.3 Å². The van der Waals surface area contributed by atoms with Gasteiger partial charge in [0.25, 0.3) is 0 Å². The zero-order chi connectivity index (χ0) is 17.6. The van der Waals surface area contributed by atoms with E-state index in [0.29, 0.717) is 16.6 Å². The van der Waals surface area contributed by atoms with Crippen molar-refractivity contribution in [3.05, 3.63) is 51.7 Å².